The molecule has 0 saturated heterocycles. The van der Waals surface area contributed by atoms with Crippen LogP contribution in [0.5, 0.6) is 0 Å². The predicted octanol–water partition coefficient (Wildman–Crippen LogP) is 2.28. The molecule has 2 aromatic rings. The average Bonchev–Trinajstić information content (AvgIpc) is 3.25. The Morgan fingerprint density at radius 1 is 1.26 bits per heavy atom. The van der Waals surface area contributed by atoms with Gasteiger partial charge in [0, 0.05) is 37.1 Å². The first-order chi connectivity index (χ1) is 12.6. The number of nitrogens with one attached hydrogen (secondary N) is 1. The molecule has 0 atom stereocenters. The molecule has 0 aromatic carbocycles. The van der Waals surface area contributed by atoms with Gasteiger partial charge in [0.1, 0.15) is 4.90 Å². The third-order valence-corrected chi connectivity index (χ3v) is 6.19. The zero-order valence-corrected chi connectivity index (χ0v) is 16.0. The average molecular weight is 405 g/mol. The minimum Gasteiger partial charge on any atom is -0.271 e. The smallest absolute Gasteiger partial charge is 0.271 e. The van der Waals surface area contributed by atoms with E-state index in [1.807, 2.05) is 6.92 Å². The molecule has 0 fully saturated rings. The molecule has 11 heteroatoms. The summed E-state index contributed by atoms with van der Waals surface area (Å²) in [6, 6.07) is 0. The van der Waals surface area contributed by atoms with Gasteiger partial charge in [-0.3, -0.25) is 9.36 Å². The molecule has 0 radical (unpaired) electrons. The van der Waals surface area contributed by atoms with Crippen molar-refractivity contribution in [2.45, 2.75) is 63.7 Å². The van der Waals surface area contributed by atoms with Crippen LogP contribution in [-0.4, -0.2) is 34.5 Å². The maximum atomic E-state index is 13.1. The van der Waals surface area contributed by atoms with Crippen molar-refractivity contribution >= 4 is 10.0 Å². The molecule has 2 aromatic heterocycles. The Kier molecular flexibility index (Phi) is 5.35. The molecular formula is C16H22F3N5O2S. The van der Waals surface area contributed by atoms with Crippen LogP contribution in [0.4, 0.5) is 13.2 Å². The first kappa shape index (κ1) is 19.9. The first-order valence-corrected chi connectivity index (χ1v) is 10.3. The van der Waals surface area contributed by atoms with Gasteiger partial charge >= 0.3 is 6.18 Å². The summed E-state index contributed by atoms with van der Waals surface area (Å²) >= 11 is 0. The molecule has 150 valence electrons. The molecule has 1 aliphatic rings. The predicted molar refractivity (Wildman–Crippen MR) is 91.7 cm³/mol. The quantitative estimate of drug-likeness (QED) is 0.717. The Bertz CT molecular complexity index is 931. The van der Waals surface area contributed by atoms with Crippen molar-refractivity contribution in [3.63, 3.8) is 0 Å². The second kappa shape index (κ2) is 7.27. The standard InChI is InChI=1S/C16H22F3N5O2S/c1-3-23-10-14(11(2)21-23)27(25,26)20-8-5-9-24-13-7-4-6-12(13)15(22-24)16(17,18)19/h10,20H,3-9H2,1-2H3. The molecule has 0 unspecified atom stereocenters. The second-order valence-corrected chi connectivity index (χ2v) is 8.27. The number of hydrogen-bond donors (Lipinski definition) is 1. The molecule has 0 bridgehead atoms. The number of aromatic nitrogens is 4. The van der Waals surface area contributed by atoms with E-state index in [2.05, 4.69) is 14.9 Å². The van der Waals surface area contributed by atoms with Crippen molar-refractivity contribution in [2.75, 3.05) is 6.54 Å². The van der Waals surface area contributed by atoms with Gasteiger partial charge in [0.05, 0.1) is 5.69 Å². The van der Waals surface area contributed by atoms with Crippen LogP contribution in [0.15, 0.2) is 11.1 Å². The lowest BCUT2D eigenvalue weighted by Gasteiger charge is -2.08. The molecule has 7 nitrogen and oxygen atoms in total. The van der Waals surface area contributed by atoms with Gasteiger partial charge in [-0.05, 0) is 39.5 Å². The third kappa shape index (κ3) is 4.03. The first-order valence-electron chi connectivity index (χ1n) is 8.83. The van der Waals surface area contributed by atoms with Gasteiger partial charge in [0.15, 0.2) is 5.69 Å². The summed E-state index contributed by atoms with van der Waals surface area (Å²) < 4.78 is 69.4. The van der Waals surface area contributed by atoms with Gasteiger partial charge in [0.2, 0.25) is 10.0 Å². The lowest BCUT2D eigenvalue weighted by atomic mass is 10.2. The van der Waals surface area contributed by atoms with E-state index in [0.29, 0.717) is 43.6 Å². The molecule has 0 saturated carbocycles. The van der Waals surface area contributed by atoms with Gasteiger partial charge < -0.3 is 0 Å². The fourth-order valence-electron chi connectivity index (χ4n) is 3.36. The Labute approximate surface area is 155 Å². The van der Waals surface area contributed by atoms with E-state index in [4.69, 9.17) is 0 Å². The molecule has 27 heavy (non-hydrogen) atoms. The van der Waals surface area contributed by atoms with Crippen LogP contribution in [0, 0.1) is 6.92 Å². The van der Waals surface area contributed by atoms with Crippen molar-refractivity contribution in [3.05, 3.63) is 28.8 Å². The van der Waals surface area contributed by atoms with Gasteiger partial charge in [-0.1, -0.05) is 0 Å². The van der Waals surface area contributed by atoms with E-state index >= 15 is 0 Å². The SMILES string of the molecule is CCn1cc(S(=O)(=O)NCCCn2nc(C(F)(F)F)c3c2CCC3)c(C)n1. The zero-order chi connectivity index (χ0) is 19.8. The maximum Gasteiger partial charge on any atom is 0.435 e. The van der Waals surface area contributed by atoms with Crippen LogP contribution in [-0.2, 0) is 42.1 Å². The number of alkyl halides is 3. The highest BCUT2D eigenvalue weighted by molar-refractivity contribution is 7.89. The number of hydrogen-bond acceptors (Lipinski definition) is 4. The Hall–Kier alpha value is -1.88. The summed E-state index contributed by atoms with van der Waals surface area (Å²) in [5.41, 5.74) is 0.498. The third-order valence-electron chi connectivity index (χ3n) is 4.63. The van der Waals surface area contributed by atoms with Gasteiger partial charge in [-0.25, -0.2) is 13.1 Å². The molecule has 1 aliphatic carbocycles. The normalized spacial score (nSPS) is 14.7. The fraction of sp³-hybridized carbons (Fsp3) is 0.625. The summed E-state index contributed by atoms with van der Waals surface area (Å²) in [5, 5.41) is 7.84. The van der Waals surface area contributed by atoms with Crippen LogP contribution in [0.3, 0.4) is 0 Å². The van der Waals surface area contributed by atoms with E-state index in [1.165, 1.54) is 15.6 Å². The molecule has 0 amide bonds. The van der Waals surface area contributed by atoms with Crippen LogP contribution in [0.2, 0.25) is 0 Å². The lowest BCUT2D eigenvalue weighted by Crippen LogP contribution is -2.26. The van der Waals surface area contributed by atoms with E-state index in [-0.39, 0.29) is 23.5 Å². The Balaban J connectivity index is 1.63. The monoisotopic (exact) mass is 405 g/mol. The summed E-state index contributed by atoms with van der Waals surface area (Å²) in [7, 11) is -3.71. The Morgan fingerprint density at radius 2 is 2.00 bits per heavy atom. The molecular weight excluding hydrogens is 383 g/mol. The number of fused-ring (bicyclic) bond motifs is 1. The summed E-state index contributed by atoms with van der Waals surface area (Å²) in [4.78, 5) is 0.115. The molecule has 3 rings (SSSR count). The topological polar surface area (TPSA) is 81.8 Å². The highest BCUT2D eigenvalue weighted by atomic mass is 32.2. The van der Waals surface area contributed by atoms with E-state index < -0.39 is 21.9 Å². The lowest BCUT2D eigenvalue weighted by molar-refractivity contribution is -0.142. The van der Waals surface area contributed by atoms with Crippen LogP contribution in [0.25, 0.3) is 0 Å². The second-order valence-electron chi connectivity index (χ2n) is 6.53. The molecule has 0 aliphatic heterocycles. The minimum atomic E-state index is -4.46. The highest BCUT2D eigenvalue weighted by Crippen LogP contribution is 2.36. The number of aryl methyl sites for hydroxylation is 3. The van der Waals surface area contributed by atoms with Crippen molar-refractivity contribution in [1.82, 2.24) is 24.3 Å². The van der Waals surface area contributed by atoms with Crippen molar-refractivity contribution in [2.24, 2.45) is 0 Å². The number of nitrogens with zero attached hydrogens (tertiary/aromatic N) is 4. The highest BCUT2D eigenvalue weighted by Gasteiger charge is 2.40. The fourth-order valence-corrected chi connectivity index (χ4v) is 4.62. The molecule has 1 N–H and O–H groups in total. The zero-order valence-electron chi connectivity index (χ0n) is 15.2. The van der Waals surface area contributed by atoms with Gasteiger partial charge in [-0.2, -0.15) is 23.4 Å². The van der Waals surface area contributed by atoms with E-state index in [9.17, 15) is 21.6 Å². The van der Waals surface area contributed by atoms with Gasteiger partial charge in [0.25, 0.3) is 0 Å². The van der Waals surface area contributed by atoms with Crippen LogP contribution >= 0.6 is 0 Å². The number of halogens is 3. The van der Waals surface area contributed by atoms with E-state index in [1.54, 1.807) is 6.92 Å². The van der Waals surface area contributed by atoms with Crippen LogP contribution in [0.1, 0.15) is 42.4 Å². The van der Waals surface area contributed by atoms with Crippen LogP contribution < -0.4 is 4.72 Å². The largest absolute Gasteiger partial charge is 0.435 e. The summed E-state index contributed by atoms with van der Waals surface area (Å²) in [6.07, 6.45) is -1.02. The van der Waals surface area contributed by atoms with Gasteiger partial charge in [-0.15, -0.1) is 0 Å². The van der Waals surface area contributed by atoms with Crippen molar-refractivity contribution in [1.29, 1.82) is 0 Å². The number of sulfonamides is 1. The minimum absolute atomic E-state index is 0.106. The Morgan fingerprint density at radius 3 is 2.63 bits per heavy atom. The molecule has 2 heterocycles. The maximum absolute atomic E-state index is 13.1. The molecule has 0 spiro atoms. The van der Waals surface area contributed by atoms with E-state index in [0.717, 1.165) is 0 Å². The van der Waals surface area contributed by atoms with Crippen molar-refractivity contribution < 1.29 is 21.6 Å². The summed E-state index contributed by atoms with van der Waals surface area (Å²) in [5.74, 6) is 0. The van der Waals surface area contributed by atoms with Crippen molar-refractivity contribution in [3.8, 4) is 0 Å². The number of rotatable bonds is 7. The summed E-state index contributed by atoms with van der Waals surface area (Å²) in [6.45, 7) is 4.37.